The van der Waals surface area contributed by atoms with Gasteiger partial charge in [0.1, 0.15) is 11.5 Å². The summed E-state index contributed by atoms with van der Waals surface area (Å²) >= 11 is 4.77. The van der Waals surface area contributed by atoms with Gasteiger partial charge in [-0.1, -0.05) is 36.4 Å². The molecule has 0 radical (unpaired) electrons. The van der Waals surface area contributed by atoms with Crippen LogP contribution in [0.15, 0.2) is 59.7 Å². The normalized spacial score (nSPS) is 11.4. The predicted octanol–water partition coefficient (Wildman–Crippen LogP) is 2.65. The highest BCUT2D eigenvalue weighted by atomic mass is 32.1. The van der Waals surface area contributed by atoms with Crippen molar-refractivity contribution < 1.29 is 9.84 Å². The van der Waals surface area contributed by atoms with Crippen LogP contribution >= 0.6 is 12.2 Å². The van der Waals surface area contributed by atoms with Gasteiger partial charge in [-0.2, -0.15) is 5.10 Å². The number of hydrogen-bond acceptors (Lipinski definition) is 4. The molecule has 0 saturated heterocycles. The van der Waals surface area contributed by atoms with Crippen LogP contribution in [0.25, 0.3) is 6.08 Å². The van der Waals surface area contributed by atoms with Gasteiger partial charge in [-0.3, -0.25) is 5.43 Å². The number of nitrogens with two attached hydrogens (primary N) is 1. The van der Waals surface area contributed by atoms with E-state index in [1.54, 1.807) is 18.2 Å². The van der Waals surface area contributed by atoms with Gasteiger partial charge < -0.3 is 15.6 Å². The minimum atomic E-state index is 0.0450. The zero-order chi connectivity index (χ0) is 16.7. The number of hydrogen-bond donors (Lipinski definition) is 3. The van der Waals surface area contributed by atoms with Crippen molar-refractivity contribution in [2.24, 2.45) is 10.8 Å². The summed E-state index contributed by atoms with van der Waals surface area (Å²) < 4.78 is 5.08. The van der Waals surface area contributed by atoms with E-state index in [-0.39, 0.29) is 10.9 Å². The largest absolute Gasteiger partial charge is 0.507 e. The Morgan fingerprint density at radius 1 is 1.26 bits per heavy atom. The van der Waals surface area contributed by atoms with Gasteiger partial charge in [-0.05, 0) is 36.0 Å². The zero-order valence-corrected chi connectivity index (χ0v) is 13.4. The summed E-state index contributed by atoms with van der Waals surface area (Å²) in [7, 11) is 1.53. The van der Waals surface area contributed by atoms with Crippen molar-refractivity contribution in [2.75, 3.05) is 7.11 Å². The first-order chi connectivity index (χ1) is 11.1. The number of nitrogens with zero attached hydrogens (tertiary/aromatic N) is 1. The molecule has 0 aliphatic rings. The Labute approximate surface area is 140 Å². The summed E-state index contributed by atoms with van der Waals surface area (Å²) in [5, 5.41) is 14.4. The fraction of sp³-hybridized carbons (Fsp3) is 0.0588. The molecular weight excluding hydrogens is 310 g/mol. The van der Waals surface area contributed by atoms with Crippen molar-refractivity contribution in [2.45, 2.75) is 0 Å². The molecule has 4 N–H and O–H groups in total. The summed E-state index contributed by atoms with van der Waals surface area (Å²) in [4.78, 5) is 0. The van der Waals surface area contributed by atoms with Crippen LogP contribution in [0.5, 0.6) is 11.5 Å². The molecule has 0 saturated carbocycles. The zero-order valence-electron chi connectivity index (χ0n) is 12.6. The molecule has 5 nitrogen and oxygen atoms in total. The standard InChI is InChI=1S/C17H17N3O2S/c1-22-13-8-9-14(16(21)11-13)15(19-20-17(18)23)10-7-12-5-3-2-4-6-12/h2-11,21H,1H3,(H3,18,20,23)/b10-7+,19-15+. The Hall–Kier alpha value is -2.86. The number of benzene rings is 2. The number of nitrogens with one attached hydrogen (secondary N) is 1. The second-order valence-corrected chi connectivity index (χ2v) is 5.04. The van der Waals surface area contributed by atoms with E-state index in [1.807, 2.05) is 36.4 Å². The maximum Gasteiger partial charge on any atom is 0.184 e. The fourth-order valence-corrected chi connectivity index (χ4v) is 1.94. The molecule has 0 heterocycles. The van der Waals surface area contributed by atoms with Crippen LogP contribution in [-0.2, 0) is 0 Å². The maximum atomic E-state index is 10.2. The molecule has 118 valence electrons. The van der Waals surface area contributed by atoms with Crippen LogP contribution in [0.2, 0.25) is 0 Å². The van der Waals surface area contributed by atoms with E-state index in [1.165, 1.54) is 13.2 Å². The Bertz CT molecular complexity index is 743. The highest BCUT2D eigenvalue weighted by Gasteiger charge is 2.08. The first kappa shape index (κ1) is 16.5. The van der Waals surface area contributed by atoms with Crippen molar-refractivity contribution >= 4 is 29.1 Å². The first-order valence-corrected chi connectivity index (χ1v) is 7.24. The summed E-state index contributed by atoms with van der Waals surface area (Å²) in [5.74, 6) is 0.602. The Morgan fingerprint density at radius 3 is 2.61 bits per heavy atom. The van der Waals surface area contributed by atoms with Gasteiger partial charge in [0.15, 0.2) is 5.11 Å². The highest BCUT2D eigenvalue weighted by Crippen LogP contribution is 2.24. The van der Waals surface area contributed by atoms with Gasteiger partial charge >= 0.3 is 0 Å². The number of hydrazone groups is 1. The molecule has 0 bridgehead atoms. The van der Waals surface area contributed by atoms with E-state index in [9.17, 15) is 5.11 Å². The summed E-state index contributed by atoms with van der Waals surface area (Å²) in [6.45, 7) is 0. The van der Waals surface area contributed by atoms with Gasteiger partial charge in [-0.25, -0.2) is 0 Å². The number of methoxy groups -OCH3 is 1. The third-order valence-electron chi connectivity index (χ3n) is 3.00. The number of phenols is 1. The number of allylic oxidation sites excluding steroid dienone is 1. The summed E-state index contributed by atoms with van der Waals surface area (Å²) in [6.07, 6.45) is 3.64. The van der Waals surface area contributed by atoms with Gasteiger partial charge in [-0.15, -0.1) is 0 Å². The topological polar surface area (TPSA) is 79.9 Å². The van der Waals surface area contributed by atoms with Crippen molar-refractivity contribution in [1.82, 2.24) is 5.43 Å². The lowest BCUT2D eigenvalue weighted by molar-refractivity contribution is 0.407. The van der Waals surface area contributed by atoms with E-state index in [2.05, 4.69) is 10.5 Å². The minimum Gasteiger partial charge on any atom is -0.507 e. The number of rotatable bonds is 5. The molecule has 0 aromatic heterocycles. The summed E-state index contributed by atoms with van der Waals surface area (Å²) in [6, 6.07) is 14.7. The second-order valence-electron chi connectivity index (χ2n) is 4.60. The molecule has 0 fully saturated rings. The van der Waals surface area contributed by atoms with Crippen molar-refractivity contribution in [3.05, 3.63) is 65.7 Å². The fourth-order valence-electron chi connectivity index (χ4n) is 1.90. The number of phenolic OH excluding ortho intramolecular Hbond substituents is 1. The van der Waals surface area contributed by atoms with Crippen LogP contribution in [0.3, 0.4) is 0 Å². The lowest BCUT2D eigenvalue weighted by atomic mass is 10.1. The Balaban J connectivity index is 2.36. The molecule has 23 heavy (non-hydrogen) atoms. The van der Waals surface area contributed by atoms with Gasteiger partial charge in [0.05, 0.1) is 12.8 Å². The first-order valence-electron chi connectivity index (χ1n) is 6.84. The third kappa shape index (κ3) is 4.82. The van der Waals surface area contributed by atoms with Gasteiger partial charge in [0.2, 0.25) is 0 Å². The van der Waals surface area contributed by atoms with Crippen molar-refractivity contribution in [3.63, 3.8) is 0 Å². The Kier molecular flexibility index (Phi) is 5.71. The number of ether oxygens (including phenoxy) is 1. The number of aromatic hydroxyl groups is 1. The minimum absolute atomic E-state index is 0.0450. The van der Waals surface area contributed by atoms with E-state index >= 15 is 0 Å². The summed E-state index contributed by atoms with van der Waals surface area (Å²) in [5.41, 5.74) is 9.98. The SMILES string of the molecule is COc1ccc(C(/C=C/c2ccccc2)=N/NC(N)=S)c(O)c1. The lowest BCUT2D eigenvalue weighted by Gasteiger charge is -2.08. The van der Waals surface area contributed by atoms with E-state index in [4.69, 9.17) is 22.7 Å². The smallest absolute Gasteiger partial charge is 0.184 e. The molecule has 2 rings (SSSR count). The van der Waals surface area contributed by atoms with Crippen molar-refractivity contribution in [1.29, 1.82) is 0 Å². The molecular formula is C17H17N3O2S. The predicted molar refractivity (Wildman–Crippen MR) is 96.6 cm³/mol. The van der Waals surface area contributed by atoms with E-state index in [0.717, 1.165) is 5.56 Å². The van der Waals surface area contributed by atoms with E-state index < -0.39 is 0 Å². The molecule has 0 unspecified atom stereocenters. The second kappa shape index (κ2) is 7.95. The van der Waals surface area contributed by atoms with Crippen LogP contribution in [0, 0.1) is 0 Å². The van der Waals surface area contributed by atoms with Crippen LogP contribution < -0.4 is 15.9 Å². The third-order valence-corrected chi connectivity index (χ3v) is 3.09. The van der Waals surface area contributed by atoms with Crippen LogP contribution in [-0.4, -0.2) is 23.0 Å². The highest BCUT2D eigenvalue weighted by molar-refractivity contribution is 7.80. The van der Waals surface area contributed by atoms with Crippen LogP contribution in [0.4, 0.5) is 0 Å². The van der Waals surface area contributed by atoms with Crippen LogP contribution in [0.1, 0.15) is 11.1 Å². The molecule has 0 aliphatic heterocycles. The van der Waals surface area contributed by atoms with Gasteiger partial charge in [0, 0.05) is 11.6 Å². The Morgan fingerprint density at radius 2 is 2.00 bits per heavy atom. The number of thiocarbonyl (C=S) groups is 1. The average molecular weight is 327 g/mol. The monoisotopic (exact) mass is 327 g/mol. The van der Waals surface area contributed by atoms with E-state index in [0.29, 0.717) is 17.0 Å². The molecule has 0 spiro atoms. The quantitative estimate of drug-likeness (QED) is 0.447. The molecule has 0 aliphatic carbocycles. The molecule has 2 aromatic carbocycles. The maximum absolute atomic E-state index is 10.2. The van der Waals surface area contributed by atoms with Gasteiger partial charge in [0.25, 0.3) is 0 Å². The molecule has 6 heteroatoms. The molecule has 0 atom stereocenters. The average Bonchev–Trinajstić information content (AvgIpc) is 2.56. The lowest BCUT2D eigenvalue weighted by Crippen LogP contribution is -2.25. The molecule has 2 aromatic rings. The molecule has 0 amide bonds. The van der Waals surface area contributed by atoms with Crippen molar-refractivity contribution in [3.8, 4) is 11.5 Å².